The van der Waals surface area contributed by atoms with Crippen molar-refractivity contribution in [1.82, 2.24) is 15.2 Å². The van der Waals surface area contributed by atoms with Gasteiger partial charge >= 0.3 is 0 Å². The standard InChI is InChI=1S/C11H13ClN4/c1-7-2-3-8(9(12)4-7)5-10(13)11-14-6-15-16-11/h2-4,6,10H,5,13H2,1H3,(H,14,15,16). The first-order chi connectivity index (χ1) is 7.66. The van der Waals surface area contributed by atoms with Gasteiger partial charge in [-0.15, -0.1) is 0 Å². The summed E-state index contributed by atoms with van der Waals surface area (Å²) in [5.41, 5.74) is 8.15. The molecule has 0 aliphatic carbocycles. The minimum atomic E-state index is -0.206. The Bertz CT molecular complexity index is 467. The summed E-state index contributed by atoms with van der Waals surface area (Å²) in [5.74, 6) is 0.677. The maximum absolute atomic E-state index is 6.13. The normalized spacial score (nSPS) is 12.7. The second kappa shape index (κ2) is 4.63. The molecule has 0 spiro atoms. The van der Waals surface area contributed by atoms with Gasteiger partial charge in [0.15, 0.2) is 0 Å². The molecule has 2 aromatic rings. The fourth-order valence-electron chi connectivity index (χ4n) is 1.55. The molecule has 1 heterocycles. The fraction of sp³-hybridized carbons (Fsp3) is 0.273. The van der Waals surface area contributed by atoms with Gasteiger partial charge in [-0.3, -0.25) is 5.10 Å². The van der Waals surface area contributed by atoms with E-state index in [1.807, 2.05) is 25.1 Å². The number of aromatic amines is 1. The third-order valence-corrected chi connectivity index (χ3v) is 2.79. The van der Waals surface area contributed by atoms with Gasteiger partial charge in [0.1, 0.15) is 12.2 Å². The summed E-state index contributed by atoms with van der Waals surface area (Å²) >= 11 is 6.13. The quantitative estimate of drug-likeness (QED) is 0.857. The average molecular weight is 237 g/mol. The molecule has 3 N–H and O–H groups in total. The third kappa shape index (κ3) is 2.40. The Labute approximate surface area is 98.8 Å². The van der Waals surface area contributed by atoms with Gasteiger partial charge in [0, 0.05) is 5.02 Å². The lowest BCUT2D eigenvalue weighted by Crippen LogP contribution is -2.15. The van der Waals surface area contributed by atoms with Crippen LogP contribution in [0.15, 0.2) is 24.5 Å². The number of nitrogens with one attached hydrogen (secondary N) is 1. The Morgan fingerprint density at radius 3 is 2.94 bits per heavy atom. The Balaban J connectivity index is 2.15. The molecule has 84 valence electrons. The summed E-state index contributed by atoms with van der Waals surface area (Å²) in [4.78, 5) is 4.02. The zero-order valence-electron chi connectivity index (χ0n) is 8.94. The van der Waals surface area contributed by atoms with Crippen molar-refractivity contribution in [1.29, 1.82) is 0 Å². The Morgan fingerprint density at radius 2 is 2.31 bits per heavy atom. The SMILES string of the molecule is Cc1ccc(CC(N)c2ncn[nH]2)c(Cl)c1. The molecule has 5 heteroatoms. The lowest BCUT2D eigenvalue weighted by molar-refractivity contribution is 0.671. The van der Waals surface area contributed by atoms with Crippen molar-refractivity contribution < 1.29 is 0 Å². The number of nitrogens with two attached hydrogens (primary N) is 1. The third-order valence-electron chi connectivity index (χ3n) is 2.43. The van der Waals surface area contributed by atoms with Crippen LogP contribution in [0, 0.1) is 6.92 Å². The Kier molecular flexibility index (Phi) is 3.22. The molecule has 1 aromatic carbocycles. The maximum atomic E-state index is 6.13. The van der Waals surface area contributed by atoms with Crippen LogP contribution in [-0.4, -0.2) is 15.2 Å². The van der Waals surface area contributed by atoms with Crippen LogP contribution in [0.2, 0.25) is 5.02 Å². The van der Waals surface area contributed by atoms with Crippen LogP contribution in [0.25, 0.3) is 0 Å². The lowest BCUT2D eigenvalue weighted by atomic mass is 10.0. The lowest BCUT2D eigenvalue weighted by Gasteiger charge is -2.10. The van der Waals surface area contributed by atoms with Gasteiger partial charge in [0.05, 0.1) is 6.04 Å². The van der Waals surface area contributed by atoms with Crippen molar-refractivity contribution in [2.75, 3.05) is 0 Å². The molecular weight excluding hydrogens is 224 g/mol. The minimum absolute atomic E-state index is 0.206. The van der Waals surface area contributed by atoms with Crippen molar-refractivity contribution in [2.45, 2.75) is 19.4 Å². The summed E-state index contributed by atoms with van der Waals surface area (Å²) in [6.07, 6.45) is 2.10. The number of hydrogen-bond donors (Lipinski definition) is 2. The van der Waals surface area contributed by atoms with Crippen molar-refractivity contribution in [2.24, 2.45) is 5.73 Å². The van der Waals surface area contributed by atoms with Crippen LogP contribution >= 0.6 is 11.6 Å². The number of halogens is 1. The molecule has 0 saturated carbocycles. The number of benzene rings is 1. The molecule has 2 rings (SSSR count). The van der Waals surface area contributed by atoms with Crippen LogP contribution in [-0.2, 0) is 6.42 Å². The Hall–Kier alpha value is -1.39. The highest BCUT2D eigenvalue weighted by Gasteiger charge is 2.11. The molecular formula is C11H13ClN4. The molecule has 1 unspecified atom stereocenters. The van der Waals surface area contributed by atoms with Crippen LogP contribution in [0.1, 0.15) is 23.0 Å². The Morgan fingerprint density at radius 1 is 1.50 bits per heavy atom. The van der Waals surface area contributed by atoms with Crippen molar-refractivity contribution in [3.8, 4) is 0 Å². The van der Waals surface area contributed by atoms with Crippen LogP contribution in [0.3, 0.4) is 0 Å². The molecule has 0 saturated heterocycles. The molecule has 0 fully saturated rings. The predicted octanol–water partition coefficient (Wildman–Crippen LogP) is 2.01. The summed E-state index contributed by atoms with van der Waals surface area (Å²) in [6.45, 7) is 2.01. The highest BCUT2D eigenvalue weighted by molar-refractivity contribution is 6.31. The fourth-order valence-corrected chi connectivity index (χ4v) is 1.86. The second-order valence-electron chi connectivity index (χ2n) is 3.78. The number of rotatable bonds is 3. The van der Waals surface area contributed by atoms with Gasteiger partial charge in [0.25, 0.3) is 0 Å². The molecule has 0 radical (unpaired) electrons. The number of nitrogens with zero attached hydrogens (tertiary/aromatic N) is 2. The van der Waals surface area contributed by atoms with Crippen molar-refractivity contribution in [3.05, 3.63) is 46.5 Å². The monoisotopic (exact) mass is 236 g/mol. The van der Waals surface area contributed by atoms with E-state index in [9.17, 15) is 0 Å². The van der Waals surface area contributed by atoms with Gasteiger partial charge < -0.3 is 5.73 Å². The minimum Gasteiger partial charge on any atom is -0.321 e. The van der Waals surface area contributed by atoms with Crippen molar-refractivity contribution in [3.63, 3.8) is 0 Å². The van der Waals surface area contributed by atoms with E-state index in [-0.39, 0.29) is 6.04 Å². The van der Waals surface area contributed by atoms with E-state index < -0.39 is 0 Å². The number of hydrogen-bond acceptors (Lipinski definition) is 3. The first kappa shape index (κ1) is 11.1. The zero-order valence-corrected chi connectivity index (χ0v) is 9.70. The summed E-state index contributed by atoms with van der Waals surface area (Å²) in [6, 6.07) is 5.74. The van der Waals surface area contributed by atoms with Gasteiger partial charge in [-0.25, -0.2) is 4.98 Å². The van der Waals surface area contributed by atoms with Gasteiger partial charge in [0.2, 0.25) is 0 Å². The average Bonchev–Trinajstić information content (AvgIpc) is 2.75. The smallest absolute Gasteiger partial charge is 0.141 e. The van der Waals surface area contributed by atoms with E-state index in [1.54, 1.807) is 0 Å². The van der Waals surface area contributed by atoms with Crippen molar-refractivity contribution >= 4 is 11.6 Å². The van der Waals surface area contributed by atoms with Crippen LogP contribution < -0.4 is 5.73 Å². The summed E-state index contributed by atoms with van der Waals surface area (Å²) in [5, 5.41) is 7.28. The topological polar surface area (TPSA) is 67.6 Å². The molecule has 0 amide bonds. The first-order valence-electron chi connectivity index (χ1n) is 5.02. The molecule has 1 atom stereocenters. The predicted molar refractivity (Wildman–Crippen MR) is 63.2 cm³/mol. The van der Waals surface area contributed by atoms with E-state index in [2.05, 4.69) is 15.2 Å². The molecule has 4 nitrogen and oxygen atoms in total. The van der Waals surface area contributed by atoms with Crippen LogP contribution in [0.4, 0.5) is 0 Å². The number of aromatic nitrogens is 3. The van der Waals surface area contributed by atoms with Gasteiger partial charge in [-0.2, -0.15) is 5.10 Å². The zero-order chi connectivity index (χ0) is 11.5. The molecule has 1 aromatic heterocycles. The van der Waals surface area contributed by atoms with E-state index in [1.165, 1.54) is 6.33 Å². The summed E-state index contributed by atoms with van der Waals surface area (Å²) < 4.78 is 0. The van der Waals surface area contributed by atoms with E-state index in [0.29, 0.717) is 12.2 Å². The molecule has 16 heavy (non-hydrogen) atoms. The molecule has 0 aliphatic heterocycles. The highest BCUT2D eigenvalue weighted by atomic mass is 35.5. The van der Waals surface area contributed by atoms with Crippen LogP contribution in [0.5, 0.6) is 0 Å². The van der Waals surface area contributed by atoms with E-state index in [4.69, 9.17) is 17.3 Å². The molecule has 0 aliphatic rings. The second-order valence-corrected chi connectivity index (χ2v) is 4.18. The van der Waals surface area contributed by atoms with Gasteiger partial charge in [-0.1, -0.05) is 23.7 Å². The highest BCUT2D eigenvalue weighted by Crippen LogP contribution is 2.21. The summed E-state index contributed by atoms with van der Waals surface area (Å²) in [7, 11) is 0. The number of aryl methyl sites for hydroxylation is 1. The van der Waals surface area contributed by atoms with E-state index in [0.717, 1.165) is 16.1 Å². The van der Waals surface area contributed by atoms with Gasteiger partial charge in [-0.05, 0) is 30.5 Å². The number of H-pyrrole nitrogens is 1. The maximum Gasteiger partial charge on any atom is 0.141 e. The van der Waals surface area contributed by atoms with E-state index >= 15 is 0 Å². The first-order valence-corrected chi connectivity index (χ1v) is 5.40. The largest absolute Gasteiger partial charge is 0.321 e. The molecule has 0 bridgehead atoms.